The number of nitrogen functional groups attached to an aromatic ring is 1. The SMILES string of the molecule is COc1cc(S(=O)(=O)O)cc2c(N=Nc3ccccc3C)cc(S(=O)(=O)O)c(N)c12. The molecule has 0 aliphatic rings. The Morgan fingerprint density at radius 3 is 2.13 bits per heavy atom. The average molecular weight is 451 g/mol. The minimum absolute atomic E-state index is 0.0150. The molecule has 3 aromatic rings. The van der Waals surface area contributed by atoms with Crippen molar-refractivity contribution in [3.63, 3.8) is 0 Å². The third-order valence-electron chi connectivity index (χ3n) is 4.33. The van der Waals surface area contributed by atoms with E-state index in [1.165, 1.54) is 7.11 Å². The molecule has 3 aromatic carbocycles. The van der Waals surface area contributed by atoms with E-state index in [0.717, 1.165) is 23.8 Å². The number of nitrogens with two attached hydrogens (primary N) is 1. The number of ether oxygens (including phenoxy) is 1. The third kappa shape index (κ3) is 4.11. The van der Waals surface area contributed by atoms with Crippen LogP contribution in [0.1, 0.15) is 5.56 Å². The van der Waals surface area contributed by atoms with Gasteiger partial charge in [-0.2, -0.15) is 21.9 Å². The number of fused-ring (bicyclic) bond motifs is 1. The maximum absolute atomic E-state index is 11.8. The molecule has 0 heterocycles. The van der Waals surface area contributed by atoms with Crippen molar-refractivity contribution in [2.75, 3.05) is 12.8 Å². The van der Waals surface area contributed by atoms with Crippen LogP contribution in [-0.2, 0) is 20.2 Å². The summed E-state index contributed by atoms with van der Waals surface area (Å²) in [6.07, 6.45) is 0. The monoisotopic (exact) mass is 451 g/mol. The number of hydrogen-bond donors (Lipinski definition) is 3. The van der Waals surface area contributed by atoms with Crippen molar-refractivity contribution >= 4 is 48.1 Å². The van der Waals surface area contributed by atoms with Gasteiger partial charge in [0.2, 0.25) is 0 Å². The predicted octanol–water partition coefficient (Wildman–Crippen LogP) is 3.65. The largest absolute Gasteiger partial charge is 0.496 e. The molecule has 0 aliphatic carbocycles. The number of hydrogen-bond acceptors (Lipinski definition) is 8. The number of rotatable bonds is 5. The van der Waals surface area contributed by atoms with Crippen LogP contribution in [0, 0.1) is 6.92 Å². The Hall–Kier alpha value is -3.06. The topological polar surface area (TPSA) is 169 Å². The number of anilines is 1. The molecule has 0 aromatic heterocycles. The van der Waals surface area contributed by atoms with Crippen LogP contribution in [0.5, 0.6) is 5.75 Å². The fourth-order valence-electron chi connectivity index (χ4n) is 2.86. The molecule has 12 heteroatoms. The quantitative estimate of drug-likeness (QED) is 0.300. The van der Waals surface area contributed by atoms with Crippen LogP contribution in [0.3, 0.4) is 0 Å². The zero-order valence-corrected chi connectivity index (χ0v) is 17.4. The summed E-state index contributed by atoms with van der Waals surface area (Å²) >= 11 is 0. The van der Waals surface area contributed by atoms with Gasteiger partial charge in [0.15, 0.2) is 0 Å². The molecule has 0 unspecified atom stereocenters. The Morgan fingerprint density at radius 1 is 0.933 bits per heavy atom. The van der Waals surface area contributed by atoms with Crippen molar-refractivity contribution in [3.8, 4) is 5.75 Å². The van der Waals surface area contributed by atoms with Gasteiger partial charge >= 0.3 is 0 Å². The van der Waals surface area contributed by atoms with Gasteiger partial charge in [0.1, 0.15) is 10.6 Å². The van der Waals surface area contributed by atoms with Gasteiger partial charge < -0.3 is 10.5 Å². The minimum Gasteiger partial charge on any atom is -0.496 e. The lowest BCUT2D eigenvalue weighted by Gasteiger charge is -2.14. The van der Waals surface area contributed by atoms with Gasteiger partial charge in [0, 0.05) is 11.5 Å². The van der Waals surface area contributed by atoms with E-state index in [9.17, 15) is 25.9 Å². The predicted molar refractivity (Wildman–Crippen MR) is 110 cm³/mol. The van der Waals surface area contributed by atoms with Gasteiger partial charge in [-0.15, -0.1) is 5.11 Å². The molecule has 0 spiro atoms. The van der Waals surface area contributed by atoms with Gasteiger partial charge in [-0.25, -0.2) is 0 Å². The van der Waals surface area contributed by atoms with E-state index in [-0.39, 0.29) is 27.9 Å². The van der Waals surface area contributed by atoms with Crippen LogP contribution < -0.4 is 10.5 Å². The summed E-state index contributed by atoms with van der Waals surface area (Å²) in [5.74, 6) is -0.143. The van der Waals surface area contributed by atoms with Crippen molar-refractivity contribution in [2.24, 2.45) is 10.2 Å². The second kappa shape index (κ2) is 7.65. The molecule has 0 radical (unpaired) electrons. The Labute approximate surface area is 172 Å². The van der Waals surface area contributed by atoms with E-state index in [2.05, 4.69) is 10.2 Å². The van der Waals surface area contributed by atoms with Crippen LogP contribution in [0.15, 0.2) is 62.5 Å². The van der Waals surface area contributed by atoms with Crippen molar-refractivity contribution in [1.29, 1.82) is 0 Å². The zero-order valence-electron chi connectivity index (χ0n) is 15.8. The van der Waals surface area contributed by atoms with Crippen molar-refractivity contribution in [2.45, 2.75) is 16.7 Å². The average Bonchev–Trinajstić information content (AvgIpc) is 2.66. The summed E-state index contributed by atoms with van der Waals surface area (Å²) in [5, 5.41) is 8.15. The van der Waals surface area contributed by atoms with Crippen molar-refractivity contribution in [1.82, 2.24) is 0 Å². The maximum Gasteiger partial charge on any atom is 0.296 e. The molecule has 3 rings (SSSR count). The third-order valence-corrected chi connectivity index (χ3v) is 6.06. The Bertz CT molecular complexity index is 1400. The van der Waals surface area contributed by atoms with E-state index in [1.54, 1.807) is 31.2 Å². The van der Waals surface area contributed by atoms with E-state index in [1.807, 2.05) is 0 Å². The van der Waals surface area contributed by atoms with Crippen molar-refractivity contribution in [3.05, 3.63) is 48.0 Å². The van der Waals surface area contributed by atoms with Gasteiger partial charge in [-0.1, -0.05) is 18.2 Å². The van der Waals surface area contributed by atoms with Crippen LogP contribution in [0.4, 0.5) is 17.1 Å². The summed E-state index contributed by atoms with van der Waals surface area (Å²) in [6, 6.07) is 9.98. The lowest BCUT2D eigenvalue weighted by atomic mass is 10.1. The number of nitrogens with zero attached hydrogens (tertiary/aromatic N) is 2. The number of aryl methyl sites for hydroxylation is 1. The van der Waals surface area contributed by atoms with Crippen LogP contribution in [0.25, 0.3) is 10.8 Å². The number of methoxy groups -OCH3 is 1. The van der Waals surface area contributed by atoms with Crippen LogP contribution >= 0.6 is 0 Å². The second-order valence-corrected chi connectivity index (χ2v) is 9.10. The standard InChI is InChI=1S/C18H17N3O7S2/c1-10-5-3-4-6-13(10)20-21-14-9-16(30(25,26)27)18(19)17-12(14)7-11(29(22,23)24)8-15(17)28-2/h3-9H,19H2,1-2H3,(H,22,23,24)(H,25,26,27). The molecule has 10 nitrogen and oxygen atoms in total. The van der Waals surface area contributed by atoms with Crippen molar-refractivity contribution < 1.29 is 30.7 Å². The summed E-state index contributed by atoms with van der Waals surface area (Å²) in [5.41, 5.74) is 6.72. The van der Waals surface area contributed by atoms with E-state index in [0.29, 0.717) is 5.69 Å². The van der Waals surface area contributed by atoms with E-state index < -0.39 is 30.0 Å². The molecule has 0 amide bonds. The highest BCUT2D eigenvalue weighted by atomic mass is 32.2. The lowest BCUT2D eigenvalue weighted by Crippen LogP contribution is -2.06. The first kappa shape index (κ1) is 21.6. The molecular weight excluding hydrogens is 434 g/mol. The Balaban J connectivity index is 2.44. The number of benzene rings is 3. The van der Waals surface area contributed by atoms with Gasteiger partial charge in [-0.3, -0.25) is 9.11 Å². The lowest BCUT2D eigenvalue weighted by molar-refractivity contribution is 0.417. The first-order valence-electron chi connectivity index (χ1n) is 8.30. The van der Waals surface area contributed by atoms with Gasteiger partial charge in [0.05, 0.1) is 34.5 Å². The fourth-order valence-corrected chi connectivity index (χ4v) is 4.03. The molecule has 30 heavy (non-hydrogen) atoms. The molecule has 0 bridgehead atoms. The fraction of sp³-hybridized carbons (Fsp3) is 0.111. The minimum atomic E-state index is -4.75. The van der Waals surface area contributed by atoms with Crippen LogP contribution in [0.2, 0.25) is 0 Å². The van der Waals surface area contributed by atoms with Gasteiger partial charge in [-0.05, 0) is 30.7 Å². The Morgan fingerprint density at radius 2 is 1.57 bits per heavy atom. The normalized spacial score (nSPS) is 12.5. The summed E-state index contributed by atoms with van der Waals surface area (Å²) in [4.78, 5) is -1.16. The molecule has 4 N–H and O–H groups in total. The van der Waals surface area contributed by atoms with Crippen LogP contribution in [-0.4, -0.2) is 33.1 Å². The first-order chi connectivity index (χ1) is 13.9. The molecule has 0 saturated heterocycles. The smallest absolute Gasteiger partial charge is 0.296 e. The molecule has 0 saturated carbocycles. The highest BCUT2D eigenvalue weighted by molar-refractivity contribution is 7.86. The molecule has 0 atom stereocenters. The number of azo groups is 1. The van der Waals surface area contributed by atoms with E-state index >= 15 is 0 Å². The molecule has 0 aliphatic heterocycles. The Kier molecular flexibility index (Phi) is 5.52. The summed E-state index contributed by atoms with van der Waals surface area (Å²) in [6.45, 7) is 1.79. The van der Waals surface area contributed by atoms with Gasteiger partial charge in [0.25, 0.3) is 20.2 Å². The summed E-state index contributed by atoms with van der Waals surface area (Å²) < 4.78 is 71.2. The highest BCUT2D eigenvalue weighted by Gasteiger charge is 2.24. The molecule has 0 fully saturated rings. The molecular formula is C18H17N3O7S2. The zero-order chi connectivity index (χ0) is 22.3. The summed E-state index contributed by atoms with van der Waals surface area (Å²) in [7, 11) is -8.18. The molecule has 158 valence electrons. The highest BCUT2D eigenvalue weighted by Crippen LogP contribution is 2.42. The second-order valence-electron chi connectivity index (χ2n) is 6.29. The van der Waals surface area contributed by atoms with E-state index in [4.69, 9.17) is 10.5 Å². The first-order valence-corrected chi connectivity index (χ1v) is 11.2. The maximum atomic E-state index is 11.8.